The number of halogens is 1. The number of aromatic nitrogens is 2. The number of sulfonamides is 1. The van der Waals surface area contributed by atoms with Crippen molar-refractivity contribution in [1.29, 1.82) is 0 Å². The van der Waals surface area contributed by atoms with Gasteiger partial charge in [0.1, 0.15) is 5.75 Å². The summed E-state index contributed by atoms with van der Waals surface area (Å²) in [4.78, 5) is 21.7. The molecule has 1 amide bonds. The minimum atomic E-state index is -4.12. The predicted octanol–water partition coefficient (Wildman–Crippen LogP) is 4.77. The van der Waals surface area contributed by atoms with Crippen molar-refractivity contribution in [3.8, 4) is 5.75 Å². The molecule has 0 radical (unpaired) electrons. The Bertz CT molecular complexity index is 1630. The molecule has 4 N–H and O–H groups in total. The van der Waals surface area contributed by atoms with Crippen LogP contribution in [0.4, 0.5) is 23.0 Å². The highest BCUT2D eigenvalue weighted by atomic mass is 35.5. The summed E-state index contributed by atoms with van der Waals surface area (Å²) in [6.07, 6.45) is 1.70. The quantitative estimate of drug-likeness (QED) is 0.239. The van der Waals surface area contributed by atoms with Gasteiger partial charge in [0.15, 0.2) is 11.6 Å². The molecule has 5 rings (SSSR count). The molecule has 1 saturated heterocycles. The summed E-state index contributed by atoms with van der Waals surface area (Å²) in [6, 6.07) is 18.2. The molecule has 0 spiro atoms. The Labute approximate surface area is 231 Å². The molecule has 202 valence electrons. The normalized spacial score (nSPS) is 15.5. The second-order valence-corrected chi connectivity index (χ2v) is 11.1. The Morgan fingerprint density at radius 2 is 1.79 bits per heavy atom. The fraction of sp³-hybridized carbons (Fsp3) is 0.222. The van der Waals surface area contributed by atoms with Gasteiger partial charge in [0.25, 0.3) is 10.0 Å². The fourth-order valence-electron chi connectivity index (χ4n) is 4.26. The Kier molecular flexibility index (Phi) is 7.82. The molecule has 4 aromatic rings. The van der Waals surface area contributed by atoms with Crippen LogP contribution >= 0.6 is 11.6 Å². The van der Waals surface area contributed by atoms with Crippen molar-refractivity contribution in [3.63, 3.8) is 0 Å². The first kappa shape index (κ1) is 26.7. The Hall–Kier alpha value is -3.93. The summed E-state index contributed by atoms with van der Waals surface area (Å²) in [6.45, 7) is 1.49. The molecule has 1 aliphatic heterocycles. The molecular formula is C27H27ClN6O4S. The maximum absolute atomic E-state index is 13.5. The van der Waals surface area contributed by atoms with Gasteiger partial charge in [-0.2, -0.15) is 0 Å². The molecule has 1 aromatic heterocycles. The van der Waals surface area contributed by atoms with E-state index in [0.29, 0.717) is 39.7 Å². The van der Waals surface area contributed by atoms with Crippen molar-refractivity contribution in [2.75, 3.05) is 35.6 Å². The number of carbonyl (C=O) groups is 1. The number of piperidine rings is 1. The monoisotopic (exact) mass is 566 g/mol. The zero-order valence-corrected chi connectivity index (χ0v) is 22.6. The van der Waals surface area contributed by atoms with E-state index in [0.717, 1.165) is 19.4 Å². The SMILES string of the molecule is COc1ccc(Cl)c(Nc2nc3ccccc3nc2NS(=O)(=O)c2cccc(NC(=O)C3CCCNC3)c2)c1. The largest absolute Gasteiger partial charge is 0.497 e. The molecule has 0 bridgehead atoms. The van der Waals surface area contributed by atoms with E-state index in [-0.39, 0.29) is 28.4 Å². The van der Waals surface area contributed by atoms with Crippen molar-refractivity contribution >= 4 is 61.6 Å². The number of nitrogens with one attached hydrogen (secondary N) is 4. The number of benzene rings is 3. The van der Waals surface area contributed by atoms with E-state index in [1.165, 1.54) is 19.2 Å². The van der Waals surface area contributed by atoms with E-state index in [1.807, 2.05) is 6.07 Å². The minimum absolute atomic E-state index is 0.0182. The first-order chi connectivity index (χ1) is 18.8. The van der Waals surface area contributed by atoms with Crippen LogP contribution < -0.4 is 25.4 Å². The number of hydrogen-bond acceptors (Lipinski definition) is 8. The molecule has 1 atom stereocenters. The summed E-state index contributed by atoms with van der Waals surface area (Å²) in [5, 5.41) is 9.51. The van der Waals surface area contributed by atoms with E-state index in [9.17, 15) is 13.2 Å². The molecule has 10 nitrogen and oxygen atoms in total. The van der Waals surface area contributed by atoms with Crippen molar-refractivity contribution in [2.45, 2.75) is 17.7 Å². The third-order valence-corrected chi connectivity index (χ3v) is 7.97. The van der Waals surface area contributed by atoms with Gasteiger partial charge >= 0.3 is 0 Å². The molecule has 1 fully saturated rings. The third kappa shape index (κ3) is 6.22. The lowest BCUT2D eigenvalue weighted by atomic mass is 9.99. The van der Waals surface area contributed by atoms with E-state index in [4.69, 9.17) is 16.3 Å². The van der Waals surface area contributed by atoms with Gasteiger partial charge in [0.2, 0.25) is 5.91 Å². The summed E-state index contributed by atoms with van der Waals surface area (Å²) in [7, 11) is -2.58. The van der Waals surface area contributed by atoms with E-state index in [2.05, 4.69) is 30.6 Å². The average Bonchev–Trinajstić information content (AvgIpc) is 2.95. The molecule has 0 saturated carbocycles. The number of ether oxygens (including phenoxy) is 1. The number of hydrogen-bond donors (Lipinski definition) is 4. The standard InChI is InChI=1S/C27H27ClN6O4S/c1-38-19-11-12-21(28)24(15-19)33-25-26(32-23-10-3-2-9-22(23)31-25)34-39(36,37)20-8-4-7-18(14-20)30-27(35)17-6-5-13-29-16-17/h2-4,7-12,14-15,17,29H,5-6,13,16H2,1H3,(H,30,35)(H,31,33)(H,32,34). The van der Waals surface area contributed by atoms with Crippen molar-refractivity contribution in [2.24, 2.45) is 5.92 Å². The van der Waals surface area contributed by atoms with Crippen LogP contribution in [-0.2, 0) is 14.8 Å². The van der Waals surface area contributed by atoms with Crippen molar-refractivity contribution in [3.05, 3.63) is 71.8 Å². The maximum Gasteiger partial charge on any atom is 0.263 e. The number of nitrogens with zero attached hydrogens (tertiary/aromatic N) is 2. The number of carbonyl (C=O) groups excluding carboxylic acids is 1. The third-order valence-electron chi connectivity index (χ3n) is 6.31. The number of rotatable bonds is 8. The van der Waals surface area contributed by atoms with Gasteiger partial charge in [0.05, 0.1) is 39.7 Å². The predicted molar refractivity (Wildman–Crippen MR) is 152 cm³/mol. The highest BCUT2D eigenvalue weighted by molar-refractivity contribution is 7.92. The van der Waals surface area contributed by atoms with Crippen LogP contribution in [0.1, 0.15) is 12.8 Å². The van der Waals surface area contributed by atoms with Crippen LogP contribution in [0.2, 0.25) is 5.02 Å². The van der Waals surface area contributed by atoms with E-state index < -0.39 is 10.0 Å². The van der Waals surface area contributed by atoms with Gasteiger partial charge in [-0.05, 0) is 61.9 Å². The van der Waals surface area contributed by atoms with Crippen LogP contribution in [0.25, 0.3) is 11.0 Å². The molecular weight excluding hydrogens is 540 g/mol. The first-order valence-corrected chi connectivity index (χ1v) is 14.2. The second kappa shape index (κ2) is 11.4. The van der Waals surface area contributed by atoms with Gasteiger partial charge < -0.3 is 20.7 Å². The summed E-state index contributed by atoms with van der Waals surface area (Å²) >= 11 is 6.37. The number of anilines is 4. The van der Waals surface area contributed by atoms with Gasteiger partial charge in [-0.1, -0.05) is 29.8 Å². The Balaban J connectivity index is 1.45. The maximum atomic E-state index is 13.5. The van der Waals surface area contributed by atoms with Crippen LogP contribution in [0.5, 0.6) is 5.75 Å². The summed E-state index contributed by atoms with van der Waals surface area (Å²) in [5.74, 6) is 0.381. The van der Waals surface area contributed by atoms with E-state index in [1.54, 1.807) is 48.5 Å². The summed E-state index contributed by atoms with van der Waals surface area (Å²) < 4.78 is 34.8. The van der Waals surface area contributed by atoms with Crippen LogP contribution in [0, 0.1) is 5.92 Å². The minimum Gasteiger partial charge on any atom is -0.497 e. The molecule has 1 unspecified atom stereocenters. The molecule has 1 aliphatic rings. The van der Waals surface area contributed by atoms with Crippen LogP contribution in [0.15, 0.2) is 71.6 Å². The topological polar surface area (TPSA) is 134 Å². The van der Waals surface area contributed by atoms with Gasteiger partial charge in [-0.15, -0.1) is 0 Å². The lowest BCUT2D eigenvalue weighted by molar-refractivity contribution is -0.120. The highest BCUT2D eigenvalue weighted by Crippen LogP contribution is 2.33. The van der Waals surface area contributed by atoms with Crippen LogP contribution in [-0.4, -0.2) is 44.5 Å². The van der Waals surface area contributed by atoms with Crippen molar-refractivity contribution < 1.29 is 17.9 Å². The van der Waals surface area contributed by atoms with Gasteiger partial charge in [-0.25, -0.2) is 18.4 Å². The summed E-state index contributed by atoms with van der Waals surface area (Å²) in [5.41, 5.74) is 1.91. The molecule has 12 heteroatoms. The second-order valence-electron chi connectivity index (χ2n) is 9.05. The average molecular weight is 567 g/mol. The zero-order chi connectivity index (χ0) is 27.4. The first-order valence-electron chi connectivity index (χ1n) is 12.3. The number of fused-ring (bicyclic) bond motifs is 1. The van der Waals surface area contributed by atoms with Gasteiger partial charge in [0, 0.05) is 18.3 Å². The van der Waals surface area contributed by atoms with Crippen LogP contribution in [0.3, 0.4) is 0 Å². The molecule has 0 aliphatic carbocycles. The lowest BCUT2D eigenvalue weighted by Crippen LogP contribution is -2.37. The number of para-hydroxylation sites is 2. The Morgan fingerprint density at radius 3 is 2.51 bits per heavy atom. The fourth-order valence-corrected chi connectivity index (χ4v) is 5.48. The van der Waals surface area contributed by atoms with Crippen molar-refractivity contribution in [1.82, 2.24) is 15.3 Å². The molecule has 39 heavy (non-hydrogen) atoms. The van der Waals surface area contributed by atoms with Gasteiger partial charge in [-0.3, -0.25) is 9.52 Å². The Morgan fingerprint density at radius 1 is 1.03 bits per heavy atom. The van der Waals surface area contributed by atoms with E-state index >= 15 is 0 Å². The molecule has 3 aromatic carbocycles. The number of amides is 1. The molecule has 2 heterocycles. The lowest BCUT2D eigenvalue weighted by Gasteiger charge is -2.22. The zero-order valence-electron chi connectivity index (χ0n) is 21.1. The smallest absolute Gasteiger partial charge is 0.263 e. The number of methoxy groups -OCH3 is 1. The highest BCUT2D eigenvalue weighted by Gasteiger charge is 2.23.